The second-order valence-corrected chi connectivity index (χ2v) is 4.16. The van der Waals surface area contributed by atoms with Gasteiger partial charge in [0.15, 0.2) is 21.8 Å². The molecule has 1 N–H and O–H groups in total. The predicted octanol–water partition coefficient (Wildman–Crippen LogP) is -2.74. The Balaban J connectivity index is 0.00000256. The van der Waals surface area contributed by atoms with Gasteiger partial charge in [-0.3, -0.25) is 0 Å². The molecule has 0 saturated heterocycles. The Morgan fingerprint density at radius 3 is 2.29 bits per heavy atom. The molecule has 0 spiro atoms. The Kier molecular flexibility index (Phi) is 7.07. The molecule has 0 aliphatic heterocycles. The molecule has 1 aromatic rings. The van der Waals surface area contributed by atoms with E-state index in [-0.39, 0.29) is 36.1 Å². The molecule has 0 amide bonds. The molecule has 0 unspecified atom stereocenters. The van der Waals surface area contributed by atoms with Crippen LogP contribution in [0.3, 0.4) is 0 Å². The Hall–Kier alpha value is -0.310. The molecule has 8 heteroatoms. The van der Waals surface area contributed by atoms with Gasteiger partial charge in [0.2, 0.25) is 0 Å². The largest absolute Gasteiger partial charge is 1.00 e. The van der Waals surface area contributed by atoms with Crippen LogP contribution in [0.25, 0.3) is 0 Å². The number of rotatable bonds is 5. The van der Waals surface area contributed by atoms with Gasteiger partial charge in [-0.05, 0) is 17.7 Å². The van der Waals surface area contributed by atoms with Crippen molar-refractivity contribution in [1.82, 2.24) is 4.72 Å². The summed E-state index contributed by atoms with van der Waals surface area (Å²) in [6.45, 7) is -0.0772. The van der Waals surface area contributed by atoms with Crippen LogP contribution in [0.15, 0.2) is 18.2 Å². The van der Waals surface area contributed by atoms with Crippen molar-refractivity contribution in [3.63, 3.8) is 0 Å². The normalized spacial score (nSPS) is 10.5. The minimum atomic E-state index is -4.43. The quantitative estimate of drug-likeness (QED) is 0.463. The molecular formula is C9H12NNaO5S. The van der Waals surface area contributed by atoms with Crippen molar-refractivity contribution in [3.8, 4) is 11.5 Å². The maximum atomic E-state index is 10.4. The number of methoxy groups -OCH3 is 2. The Bertz CT molecular complexity index is 462. The summed E-state index contributed by atoms with van der Waals surface area (Å²) in [5.74, 6) is 1.02. The molecule has 0 heterocycles. The van der Waals surface area contributed by atoms with Crippen LogP contribution in [0, 0.1) is 0 Å². The van der Waals surface area contributed by atoms with Crippen LogP contribution in [0.2, 0.25) is 0 Å². The first-order valence-electron chi connectivity index (χ1n) is 4.37. The minimum absolute atomic E-state index is 0. The topological polar surface area (TPSA) is 87.7 Å². The fourth-order valence-electron chi connectivity index (χ4n) is 1.16. The Morgan fingerprint density at radius 2 is 1.82 bits per heavy atom. The molecule has 90 valence electrons. The van der Waals surface area contributed by atoms with E-state index in [2.05, 4.69) is 0 Å². The van der Waals surface area contributed by atoms with Crippen LogP contribution in [-0.4, -0.2) is 27.2 Å². The van der Waals surface area contributed by atoms with Crippen LogP contribution in [0.4, 0.5) is 0 Å². The number of nitrogens with one attached hydrogen (secondary N) is 1. The van der Waals surface area contributed by atoms with Crippen LogP contribution in [0.5, 0.6) is 11.5 Å². The molecule has 6 nitrogen and oxygen atoms in total. The zero-order valence-electron chi connectivity index (χ0n) is 9.89. The first kappa shape index (κ1) is 16.7. The van der Waals surface area contributed by atoms with Gasteiger partial charge in [0.25, 0.3) is 0 Å². The average molecular weight is 269 g/mol. The summed E-state index contributed by atoms with van der Waals surface area (Å²) < 4.78 is 43.0. The number of hydrogen-bond acceptors (Lipinski definition) is 5. The summed E-state index contributed by atoms with van der Waals surface area (Å²) in [5.41, 5.74) is 0.608. The zero-order chi connectivity index (χ0) is 12.2. The fraction of sp³-hybridized carbons (Fsp3) is 0.333. The van der Waals surface area contributed by atoms with E-state index in [9.17, 15) is 13.0 Å². The van der Waals surface area contributed by atoms with Gasteiger partial charge < -0.3 is 14.0 Å². The van der Waals surface area contributed by atoms with Crippen molar-refractivity contribution < 1.29 is 52.0 Å². The van der Waals surface area contributed by atoms with E-state index in [4.69, 9.17) is 9.47 Å². The molecule has 0 radical (unpaired) electrons. The van der Waals surface area contributed by atoms with Crippen molar-refractivity contribution in [2.45, 2.75) is 6.54 Å². The third kappa shape index (κ3) is 5.71. The number of benzene rings is 1. The van der Waals surface area contributed by atoms with E-state index in [1.165, 1.54) is 14.2 Å². The fourth-order valence-corrected chi connectivity index (χ4v) is 1.51. The molecule has 0 aliphatic carbocycles. The van der Waals surface area contributed by atoms with Crippen LogP contribution in [0.1, 0.15) is 5.56 Å². The first-order valence-corrected chi connectivity index (χ1v) is 5.78. The molecule has 0 saturated carbocycles. The van der Waals surface area contributed by atoms with E-state index in [0.717, 1.165) is 0 Å². The third-order valence-electron chi connectivity index (χ3n) is 1.90. The maximum Gasteiger partial charge on any atom is 1.00 e. The molecule has 0 aromatic heterocycles. The molecule has 17 heavy (non-hydrogen) atoms. The molecule has 0 bridgehead atoms. The molecule has 0 aliphatic rings. The van der Waals surface area contributed by atoms with E-state index >= 15 is 0 Å². The van der Waals surface area contributed by atoms with Gasteiger partial charge in [0, 0.05) is 6.54 Å². The zero-order valence-corrected chi connectivity index (χ0v) is 12.7. The summed E-state index contributed by atoms with van der Waals surface area (Å²) >= 11 is 0. The standard InChI is InChI=1S/C9H13NO5S.Na/c1-14-8-4-3-7(5-9(8)15-2)6-10-16(11,12)13;/h3-5,10H,6H2,1-2H3,(H,11,12,13);/q;+1/p-1. The minimum Gasteiger partial charge on any atom is -0.735 e. The van der Waals surface area contributed by atoms with Crippen molar-refractivity contribution in [1.29, 1.82) is 0 Å². The van der Waals surface area contributed by atoms with E-state index < -0.39 is 10.3 Å². The van der Waals surface area contributed by atoms with E-state index in [1.54, 1.807) is 18.2 Å². The van der Waals surface area contributed by atoms with Gasteiger partial charge >= 0.3 is 29.6 Å². The number of hydrogen-bond donors (Lipinski definition) is 1. The second kappa shape index (κ2) is 7.20. The Labute approximate surface area is 122 Å². The smallest absolute Gasteiger partial charge is 0.735 e. The van der Waals surface area contributed by atoms with Gasteiger partial charge in [0.05, 0.1) is 14.2 Å². The summed E-state index contributed by atoms with van der Waals surface area (Å²) in [5, 5.41) is 0. The summed E-state index contributed by atoms with van der Waals surface area (Å²) in [6.07, 6.45) is 0. The SMILES string of the molecule is COc1ccc(CNS(=O)(=O)[O-])cc1OC.[Na+]. The van der Waals surface area contributed by atoms with Gasteiger partial charge in [-0.1, -0.05) is 6.07 Å². The van der Waals surface area contributed by atoms with Gasteiger partial charge in [-0.15, -0.1) is 0 Å². The van der Waals surface area contributed by atoms with Crippen LogP contribution in [-0.2, 0) is 16.8 Å². The monoisotopic (exact) mass is 269 g/mol. The second-order valence-electron chi connectivity index (χ2n) is 2.96. The predicted molar refractivity (Wildman–Crippen MR) is 56.1 cm³/mol. The number of ether oxygens (including phenoxy) is 2. The average Bonchev–Trinajstić information content (AvgIpc) is 2.25. The summed E-state index contributed by atoms with van der Waals surface area (Å²) in [4.78, 5) is 0. The van der Waals surface area contributed by atoms with E-state index in [1.807, 2.05) is 4.72 Å². The molecular weight excluding hydrogens is 257 g/mol. The van der Waals surface area contributed by atoms with Crippen molar-refractivity contribution in [2.75, 3.05) is 14.2 Å². The van der Waals surface area contributed by atoms with Gasteiger partial charge in [-0.2, -0.15) is 0 Å². The molecule has 0 atom stereocenters. The van der Waals surface area contributed by atoms with Crippen LogP contribution < -0.4 is 43.8 Å². The third-order valence-corrected chi connectivity index (χ3v) is 2.40. The van der Waals surface area contributed by atoms with Crippen molar-refractivity contribution in [3.05, 3.63) is 23.8 Å². The van der Waals surface area contributed by atoms with Crippen LogP contribution >= 0.6 is 0 Å². The first-order chi connectivity index (χ1) is 7.46. The van der Waals surface area contributed by atoms with E-state index in [0.29, 0.717) is 17.1 Å². The van der Waals surface area contributed by atoms with Gasteiger partial charge in [-0.25, -0.2) is 13.1 Å². The maximum absolute atomic E-state index is 10.4. The van der Waals surface area contributed by atoms with Crippen molar-refractivity contribution in [2.24, 2.45) is 0 Å². The Morgan fingerprint density at radius 1 is 1.24 bits per heavy atom. The molecule has 1 rings (SSSR count). The van der Waals surface area contributed by atoms with Gasteiger partial charge in [0.1, 0.15) is 0 Å². The molecule has 1 aromatic carbocycles. The molecule has 0 fully saturated rings. The summed E-state index contributed by atoms with van der Waals surface area (Å²) in [6, 6.07) is 4.86. The summed E-state index contributed by atoms with van der Waals surface area (Å²) in [7, 11) is -1.46. The van der Waals surface area contributed by atoms with Crippen molar-refractivity contribution >= 4 is 10.3 Å².